The van der Waals surface area contributed by atoms with Crippen molar-refractivity contribution in [1.29, 1.82) is 0 Å². The molecule has 8 heteroatoms. The second-order valence-corrected chi connectivity index (χ2v) is 8.76. The number of H-pyrrole nitrogens is 1. The molecule has 2 aromatic heterocycles. The highest BCUT2D eigenvalue weighted by Crippen LogP contribution is 2.40. The molecule has 1 aliphatic carbocycles. The van der Waals surface area contributed by atoms with E-state index in [0.29, 0.717) is 35.8 Å². The largest absolute Gasteiger partial charge is 0.349 e. The summed E-state index contributed by atoms with van der Waals surface area (Å²) < 4.78 is 1.49. The third-order valence-corrected chi connectivity index (χ3v) is 6.46. The SMILES string of the molecule is CCCn1c(=O)[nH]c(=O)c2c(C(=O)NC3CC4CCC(C3)N4)cc(C3CC3)nc21. The standard InChI is InChI=1S/C21H27N5O3/c1-2-7-26-18-17(20(28)25-21(26)29)15(10-16(24-18)11-3-4-11)19(27)23-14-8-12-5-6-13(9-14)22-12/h10-14,22H,2-9H2,1H3,(H,23,27)(H,25,28,29). The van der Waals surface area contributed by atoms with Crippen LogP contribution in [0.1, 0.15) is 73.8 Å². The van der Waals surface area contributed by atoms with Crippen LogP contribution in [0.4, 0.5) is 0 Å². The molecule has 2 aliphatic heterocycles. The van der Waals surface area contributed by atoms with Crippen molar-refractivity contribution in [3.8, 4) is 0 Å². The summed E-state index contributed by atoms with van der Waals surface area (Å²) in [4.78, 5) is 45.4. The average Bonchev–Trinajstić information content (AvgIpc) is 3.48. The van der Waals surface area contributed by atoms with Crippen LogP contribution in [0.2, 0.25) is 0 Å². The first-order valence-electron chi connectivity index (χ1n) is 10.8. The maximum absolute atomic E-state index is 13.3. The Hall–Kier alpha value is -2.48. The number of carbonyl (C=O) groups excluding carboxylic acids is 1. The minimum Gasteiger partial charge on any atom is -0.349 e. The zero-order valence-corrected chi connectivity index (χ0v) is 16.7. The van der Waals surface area contributed by atoms with Crippen LogP contribution in [0.25, 0.3) is 11.0 Å². The molecular weight excluding hydrogens is 370 g/mol. The second-order valence-electron chi connectivity index (χ2n) is 8.76. The molecule has 3 N–H and O–H groups in total. The van der Waals surface area contributed by atoms with Gasteiger partial charge in [-0.2, -0.15) is 0 Å². The molecule has 2 bridgehead atoms. The Balaban J connectivity index is 1.58. The van der Waals surface area contributed by atoms with E-state index in [4.69, 9.17) is 0 Å². The zero-order valence-electron chi connectivity index (χ0n) is 16.7. The molecule has 0 aromatic carbocycles. The number of hydrogen-bond donors (Lipinski definition) is 3. The average molecular weight is 397 g/mol. The van der Waals surface area contributed by atoms with E-state index in [-0.39, 0.29) is 17.3 Å². The summed E-state index contributed by atoms with van der Waals surface area (Å²) in [7, 11) is 0. The highest BCUT2D eigenvalue weighted by atomic mass is 16.2. The van der Waals surface area contributed by atoms with Gasteiger partial charge in [0.15, 0.2) is 5.65 Å². The molecule has 5 rings (SSSR count). The molecule has 29 heavy (non-hydrogen) atoms. The van der Waals surface area contributed by atoms with Crippen LogP contribution >= 0.6 is 0 Å². The predicted octanol–water partition coefficient (Wildman–Crippen LogP) is 1.39. The number of pyridine rings is 1. The number of carbonyl (C=O) groups is 1. The monoisotopic (exact) mass is 397 g/mol. The molecule has 2 unspecified atom stereocenters. The Bertz CT molecular complexity index is 1070. The smallest absolute Gasteiger partial charge is 0.329 e. The Labute approximate surface area is 168 Å². The number of piperidine rings is 1. The Morgan fingerprint density at radius 1 is 1.21 bits per heavy atom. The first kappa shape index (κ1) is 18.5. The number of rotatable bonds is 5. The molecule has 8 nitrogen and oxygen atoms in total. The fraction of sp³-hybridized carbons (Fsp3) is 0.619. The van der Waals surface area contributed by atoms with Crippen molar-refractivity contribution >= 4 is 16.9 Å². The van der Waals surface area contributed by atoms with Gasteiger partial charge in [-0.25, -0.2) is 9.78 Å². The van der Waals surface area contributed by atoms with Crippen molar-refractivity contribution in [3.63, 3.8) is 0 Å². The number of aromatic amines is 1. The lowest BCUT2D eigenvalue weighted by atomic mass is 9.99. The Morgan fingerprint density at radius 3 is 2.59 bits per heavy atom. The van der Waals surface area contributed by atoms with Gasteiger partial charge in [-0.1, -0.05) is 6.92 Å². The van der Waals surface area contributed by atoms with E-state index >= 15 is 0 Å². The summed E-state index contributed by atoms with van der Waals surface area (Å²) in [6.45, 7) is 2.42. The van der Waals surface area contributed by atoms with E-state index in [1.807, 2.05) is 6.92 Å². The molecule has 2 saturated heterocycles. The minimum atomic E-state index is -0.539. The number of amides is 1. The summed E-state index contributed by atoms with van der Waals surface area (Å²) >= 11 is 0. The number of aryl methyl sites for hydroxylation is 1. The van der Waals surface area contributed by atoms with E-state index in [9.17, 15) is 14.4 Å². The molecule has 0 spiro atoms. The van der Waals surface area contributed by atoms with Gasteiger partial charge in [0.2, 0.25) is 0 Å². The lowest BCUT2D eigenvalue weighted by Gasteiger charge is -2.29. The van der Waals surface area contributed by atoms with E-state index in [2.05, 4.69) is 20.6 Å². The molecule has 4 heterocycles. The summed E-state index contributed by atoms with van der Waals surface area (Å²) in [5.74, 6) is 0.0722. The summed E-state index contributed by atoms with van der Waals surface area (Å²) in [6, 6.07) is 2.80. The van der Waals surface area contributed by atoms with Crippen LogP contribution in [0.15, 0.2) is 15.7 Å². The van der Waals surface area contributed by atoms with Crippen LogP contribution in [-0.2, 0) is 6.54 Å². The molecule has 2 atom stereocenters. The third-order valence-electron chi connectivity index (χ3n) is 6.46. The van der Waals surface area contributed by atoms with Gasteiger partial charge >= 0.3 is 5.69 Å². The van der Waals surface area contributed by atoms with Gasteiger partial charge < -0.3 is 10.6 Å². The second kappa shape index (κ2) is 7.09. The molecule has 2 aromatic rings. The summed E-state index contributed by atoms with van der Waals surface area (Å²) in [5, 5.41) is 6.96. The van der Waals surface area contributed by atoms with Crippen molar-refractivity contribution in [2.24, 2.45) is 0 Å². The van der Waals surface area contributed by atoms with Gasteiger partial charge in [0.25, 0.3) is 11.5 Å². The number of fused-ring (bicyclic) bond motifs is 3. The van der Waals surface area contributed by atoms with Crippen LogP contribution in [-0.4, -0.2) is 38.6 Å². The van der Waals surface area contributed by atoms with Crippen molar-refractivity contribution in [1.82, 2.24) is 25.2 Å². The molecule has 1 amide bonds. The Kier molecular flexibility index (Phi) is 4.53. The maximum atomic E-state index is 13.3. The van der Waals surface area contributed by atoms with Crippen molar-refractivity contribution < 1.29 is 4.79 Å². The number of nitrogens with one attached hydrogen (secondary N) is 3. The van der Waals surface area contributed by atoms with E-state index < -0.39 is 11.2 Å². The van der Waals surface area contributed by atoms with Crippen LogP contribution in [0.5, 0.6) is 0 Å². The van der Waals surface area contributed by atoms with Gasteiger partial charge in [0.1, 0.15) is 0 Å². The van der Waals surface area contributed by atoms with E-state index in [1.165, 1.54) is 4.57 Å². The van der Waals surface area contributed by atoms with Crippen molar-refractivity contribution in [2.75, 3.05) is 0 Å². The first-order chi connectivity index (χ1) is 14.0. The van der Waals surface area contributed by atoms with Gasteiger partial charge in [-0.3, -0.25) is 19.1 Å². The zero-order chi connectivity index (χ0) is 20.1. The maximum Gasteiger partial charge on any atom is 0.329 e. The van der Waals surface area contributed by atoms with Crippen LogP contribution in [0.3, 0.4) is 0 Å². The highest BCUT2D eigenvalue weighted by Gasteiger charge is 2.35. The quantitative estimate of drug-likeness (QED) is 0.706. The van der Waals surface area contributed by atoms with E-state index in [0.717, 1.165) is 50.6 Å². The molecular formula is C21H27N5O3. The lowest BCUT2D eigenvalue weighted by Crippen LogP contribution is -2.48. The van der Waals surface area contributed by atoms with Gasteiger partial charge in [-0.15, -0.1) is 0 Å². The number of hydrogen-bond acceptors (Lipinski definition) is 5. The topological polar surface area (TPSA) is 109 Å². The predicted molar refractivity (Wildman–Crippen MR) is 109 cm³/mol. The van der Waals surface area contributed by atoms with Gasteiger partial charge in [0.05, 0.1) is 10.9 Å². The number of nitrogens with zero attached hydrogens (tertiary/aromatic N) is 2. The lowest BCUT2D eigenvalue weighted by molar-refractivity contribution is 0.0925. The molecule has 1 saturated carbocycles. The fourth-order valence-electron chi connectivity index (χ4n) is 4.93. The summed E-state index contributed by atoms with van der Waals surface area (Å²) in [5.41, 5.74) is 0.478. The minimum absolute atomic E-state index is 0.106. The molecule has 154 valence electrons. The van der Waals surface area contributed by atoms with Gasteiger partial charge in [-0.05, 0) is 51.0 Å². The molecule has 0 radical (unpaired) electrons. The fourth-order valence-corrected chi connectivity index (χ4v) is 4.93. The van der Waals surface area contributed by atoms with Crippen LogP contribution in [0, 0.1) is 0 Å². The molecule has 3 aliphatic rings. The van der Waals surface area contributed by atoms with E-state index in [1.54, 1.807) is 6.07 Å². The molecule has 3 fully saturated rings. The number of aromatic nitrogens is 3. The highest BCUT2D eigenvalue weighted by molar-refractivity contribution is 6.05. The Morgan fingerprint density at radius 2 is 1.93 bits per heavy atom. The summed E-state index contributed by atoms with van der Waals surface area (Å²) in [6.07, 6.45) is 6.93. The van der Waals surface area contributed by atoms with Crippen molar-refractivity contribution in [2.45, 2.75) is 82.5 Å². The first-order valence-corrected chi connectivity index (χ1v) is 10.8. The normalized spacial score (nSPS) is 26.0. The van der Waals surface area contributed by atoms with Crippen molar-refractivity contribution in [3.05, 3.63) is 38.2 Å². The van der Waals surface area contributed by atoms with Gasteiger partial charge in [0, 0.05) is 36.3 Å². The van der Waals surface area contributed by atoms with Crippen LogP contribution < -0.4 is 21.9 Å². The third kappa shape index (κ3) is 3.39.